The molecule has 94 valence electrons. The van der Waals surface area contributed by atoms with E-state index in [1.165, 1.54) is 0 Å². The van der Waals surface area contributed by atoms with Gasteiger partial charge < -0.3 is 14.6 Å². The molecule has 0 unspecified atom stereocenters. The molecule has 2 rings (SSSR count). The number of ether oxygens (including phenoxy) is 2. The lowest BCUT2D eigenvalue weighted by atomic mass is 9.89. The molecular weight excluding hydrogens is 204 g/mol. The van der Waals surface area contributed by atoms with Gasteiger partial charge in [0.2, 0.25) is 0 Å². The lowest BCUT2D eigenvalue weighted by Crippen LogP contribution is -2.45. The monoisotopic (exact) mass is 228 g/mol. The Labute approximate surface area is 98.1 Å². The molecule has 2 aliphatic rings. The molecule has 3 heteroatoms. The van der Waals surface area contributed by atoms with Gasteiger partial charge in [0.25, 0.3) is 0 Å². The largest absolute Gasteiger partial charge is 0.390 e. The predicted molar refractivity (Wildman–Crippen MR) is 62.4 cm³/mol. The fraction of sp³-hybridized carbons (Fsp3) is 1.00. The molecule has 0 spiro atoms. The van der Waals surface area contributed by atoms with E-state index in [0.29, 0.717) is 0 Å². The van der Waals surface area contributed by atoms with Crippen LogP contribution in [0.5, 0.6) is 0 Å². The predicted octanol–water partition coefficient (Wildman–Crippen LogP) is 2.26. The van der Waals surface area contributed by atoms with E-state index in [-0.39, 0.29) is 17.3 Å². The standard InChI is InChI=1S/C13H24O3/c1-4-13(10(2)14)8-6-11(16-13)12(3)7-5-9-15-12/h10-11,14H,4-9H2,1-3H3/t10-,11-,12+,13+/m1/s1. The molecule has 4 atom stereocenters. The first-order chi connectivity index (χ1) is 7.52. The number of hydrogen-bond acceptors (Lipinski definition) is 3. The van der Waals surface area contributed by atoms with Gasteiger partial charge in [0, 0.05) is 6.61 Å². The van der Waals surface area contributed by atoms with E-state index in [1.54, 1.807) is 0 Å². The molecule has 0 saturated carbocycles. The molecule has 0 aromatic carbocycles. The van der Waals surface area contributed by atoms with Crippen molar-refractivity contribution in [3.63, 3.8) is 0 Å². The lowest BCUT2D eigenvalue weighted by Gasteiger charge is -2.35. The zero-order valence-corrected chi connectivity index (χ0v) is 10.7. The summed E-state index contributed by atoms with van der Waals surface area (Å²) in [5, 5.41) is 9.88. The van der Waals surface area contributed by atoms with Gasteiger partial charge in [-0.3, -0.25) is 0 Å². The third-order valence-corrected chi connectivity index (χ3v) is 4.50. The molecule has 0 amide bonds. The molecule has 1 N–H and O–H groups in total. The molecule has 0 aliphatic carbocycles. The van der Waals surface area contributed by atoms with Crippen LogP contribution < -0.4 is 0 Å². The third-order valence-electron chi connectivity index (χ3n) is 4.50. The van der Waals surface area contributed by atoms with Crippen molar-refractivity contribution in [3.05, 3.63) is 0 Å². The van der Waals surface area contributed by atoms with Crippen LogP contribution in [0.15, 0.2) is 0 Å². The first-order valence-corrected chi connectivity index (χ1v) is 6.52. The van der Waals surface area contributed by atoms with Crippen LogP contribution in [0.4, 0.5) is 0 Å². The first kappa shape index (κ1) is 12.3. The van der Waals surface area contributed by atoms with E-state index in [4.69, 9.17) is 9.47 Å². The van der Waals surface area contributed by atoms with Gasteiger partial charge in [0.15, 0.2) is 0 Å². The van der Waals surface area contributed by atoms with Gasteiger partial charge >= 0.3 is 0 Å². The highest BCUT2D eigenvalue weighted by atomic mass is 16.6. The van der Waals surface area contributed by atoms with E-state index in [1.807, 2.05) is 6.92 Å². The summed E-state index contributed by atoms with van der Waals surface area (Å²) in [5.41, 5.74) is -0.453. The molecule has 16 heavy (non-hydrogen) atoms. The van der Waals surface area contributed by atoms with Gasteiger partial charge in [0.05, 0.1) is 23.4 Å². The summed E-state index contributed by atoms with van der Waals surface area (Å²) in [6, 6.07) is 0. The molecule has 0 aromatic rings. The van der Waals surface area contributed by atoms with Gasteiger partial charge in [0.1, 0.15) is 0 Å². The van der Waals surface area contributed by atoms with Crippen molar-refractivity contribution in [2.45, 2.75) is 76.3 Å². The maximum atomic E-state index is 9.88. The second-order valence-electron chi connectivity index (χ2n) is 5.50. The second kappa shape index (κ2) is 4.28. The smallest absolute Gasteiger partial charge is 0.0941 e. The van der Waals surface area contributed by atoms with Gasteiger partial charge in [-0.25, -0.2) is 0 Å². The number of aliphatic hydroxyl groups is 1. The molecule has 0 aromatic heterocycles. The van der Waals surface area contributed by atoms with Crippen molar-refractivity contribution in [3.8, 4) is 0 Å². The average molecular weight is 228 g/mol. The van der Waals surface area contributed by atoms with Crippen molar-refractivity contribution >= 4 is 0 Å². The van der Waals surface area contributed by atoms with E-state index in [9.17, 15) is 5.11 Å². The summed E-state index contributed by atoms with van der Waals surface area (Å²) in [4.78, 5) is 0. The highest BCUT2D eigenvalue weighted by Crippen LogP contribution is 2.43. The van der Waals surface area contributed by atoms with Crippen LogP contribution >= 0.6 is 0 Å². The molecule has 0 bridgehead atoms. The fourth-order valence-electron chi connectivity index (χ4n) is 3.12. The molecule has 3 nitrogen and oxygen atoms in total. The quantitative estimate of drug-likeness (QED) is 0.805. The normalized spacial score (nSPS) is 46.1. The van der Waals surface area contributed by atoms with Gasteiger partial charge in [-0.15, -0.1) is 0 Å². The minimum Gasteiger partial charge on any atom is -0.390 e. The number of aliphatic hydroxyl groups excluding tert-OH is 1. The maximum absolute atomic E-state index is 9.88. The van der Waals surface area contributed by atoms with Crippen molar-refractivity contribution in [1.82, 2.24) is 0 Å². The Hall–Kier alpha value is -0.120. The van der Waals surface area contributed by atoms with Crippen molar-refractivity contribution in [2.75, 3.05) is 6.61 Å². The van der Waals surface area contributed by atoms with Crippen LogP contribution in [0.2, 0.25) is 0 Å². The molecule has 0 radical (unpaired) electrons. The molecule has 2 saturated heterocycles. The first-order valence-electron chi connectivity index (χ1n) is 6.52. The van der Waals surface area contributed by atoms with Gasteiger partial charge in [-0.05, 0) is 46.0 Å². The Morgan fingerprint density at radius 2 is 2.19 bits per heavy atom. The van der Waals surface area contributed by atoms with E-state index >= 15 is 0 Å². The Morgan fingerprint density at radius 1 is 1.44 bits per heavy atom. The summed E-state index contributed by atoms with van der Waals surface area (Å²) < 4.78 is 12.0. The Morgan fingerprint density at radius 3 is 2.62 bits per heavy atom. The van der Waals surface area contributed by atoms with Crippen molar-refractivity contribution in [2.24, 2.45) is 0 Å². The van der Waals surface area contributed by atoms with Crippen LogP contribution in [0.1, 0.15) is 52.9 Å². The van der Waals surface area contributed by atoms with Crippen molar-refractivity contribution in [1.29, 1.82) is 0 Å². The summed E-state index contributed by atoms with van der Waals surface area (Å²) in [7, 11) is 0. The number of rotatable bonds is 3. The van der Waals surface area contributed by atoms with Crippen molar-refractivity contribution < 1.29 is 14.6 Å². The zero-order chi connectivity index (χ0) is 11.8. The van der Waals surface area contributed by atoms with E-state index < -0.39 is 6.10 Å². The van der Waals surface area contributed by atoms with E-state index in [0.717, 1.165) is 38.7 Å². The molecule has 2 fully saturated rings. The minimum absolute atomic E-state index is 0.119. The molecular formula is C13H24O3. The van der Waals surface area contributed by atoms with Gasteiger partial charge in [-0.1, -0.05) is 6.92 Å². The Bertz CT molecular complexity index is 246. The summed E-state index contributed by atoms with van der Waals surface area (Å²) in [6.07, 6.45) is 4.80. The lowest BCUT2D eigenvalue weighted by molar-refractivity contribution is -0.166. The number of hydrogen-bond donors (Lipinski definition) is 1. The Kier molecular flexibility index (Phi) is 3.30. The molecule has 2 heterocycles. The third kappa shape index (κ3) is 1.89. The topological polar surface area (TPSA) is 38.7 Å². The fourth-order valence-corrected chi connectivity index (χ4v) is 3.12. The Balaban J connectivity index is 2.06. The van der Waals surface area contributed by atoms with Crippen LogP contribution in [-0.2, 0) is 9.47 Å². The van der Waals surface area contributed by atoms with Crippen LogP contribution in [-0.4, -0.2) is 35.1 Å². The van der Waals surface area contributed by atoms with Crippen LogP contribution in [0.25, 0.3) is 0 Å². The highest BCUT2D eigenvalue weighted by molar-refractivity contribution is 4.99. The van der Waals surface area contributed by atoms with E-state index in [2.05, 4.69) is 13.8 Å². The average Bonchev–Trinajstić information content (AvgIpc) is 2.85. The summed E-state index contributed by atoms with van der Waals surface area (Å²) in [6.45, 7) is 6.93. The second-order valence-corrected chi connectivity index (χ2v) is 5.50. The summed E-state index contributed by atoms with van der Waals surface area (Å²) in [5.74, 6) is 0. The van der Waals surface area contributed by atoms with Gasteiger partial charge in [-0.2, -0.15) is 0 Å². The minimum atomic E-state index is -0.396. The van der Waals surface area contributed by atoms with Crippen LogP contribution in [0, 0.1) is 0 Å². The zero-order valence-electron chi connectivity index (χ0n) is 10.7. The highest BCUT2D eigenvalue weighted by Gasteiger charge is 2.50. The summed E-state index contributed by atoms with van der Waals surface area (Å²) >= 11 is 0. The van der Waals surface area contributed by atoms with Crippen LogP contribution in [0.3, 0.4) is 0 Å². The SMILES string of the molecule is CC[C@@]1([C@@H](C)O)CC[C@H]([C@]2(C)CCCO2)O1. The maximum Gasteiger partial charge on any atom is 0.0941 e. The molecule has 2 aliphatic heterocycles.